The number of nitrogens with zero attached hydrogens (tertiary/aromatic N) is 4. The fourth-order valence-electron chi connectivity index (χ4n) is 5.01. The van der Waals surface area contributed by atoms with Crippen LogP contribution in [0.25, 0.3) is 22.1 Å². The molecule has 0 aliphatic carbocycles. The lowest BCUT2D eigenvalue weighted by atomic mass is 10.00. The molecular formula is C30H30N4O10. The zero-order valence-electron chi connectivity index (χ0n) is 24.8. The Labute approximate surface area is 250 Å². The van der Waals surface area contributed by atoms with Crippen molar-refractivity contribution in [3.8, 4) is 0 Å². The Morgan fingerprint density at radius 3 is 1.14 bits per heavy atom. The van der Waals surface area contributed by atoms with Crippen LogP contribution >= 0.6 is 0 Å². The highest BCUT2D eigenvalue weighted by molar-refractivity contribution is 5.91. The van der Waals surface area contributed by atoms with Gasteiger partial charge < -0.3 is 18.9 Å². The minimum Gasteiger partial charge on any atom is -0.454 e. The van der Waals surface area contributed by atoms with E-state index < -0.39 is 60.1 Å². The lowest BCUT2D eigenvalue weighted by Crippen LogP contribution is -2.46. The highest BCUT2D eigenvalue weighted by Gasteiger charge is 2.48. The summed E-state index contributed by atoms with van der Waals surface area (Å²) in [7, 11) is 0. The molecule has 4 atom stereocenters. The quantitative estimate of drug-likeness (QED) is 0.201. The molecule has 0 spiro atoms. The van der Waals surface area contributed by atoms with Gasteiger partial charge in [0.1, 0.15) is 0 Å². The third-order valence-corrected chi connectivity index (χ3v) is 6.42. The molecule has 0 saturated carbocycles. The first-order valence-electron chi connectivity index (χ1n) is 13.5. The van der Waals surface area contributed by atoms with Crippen LogP contribution in [0.1, 0.15) is 75.0 Å². The number of benzene rings is 2. The van der Waals surface area contributed by atoms with Crippen LogP contribution in [-0.4, -0.2) is 67.0 Å². The Morgan fingerprint density at radius 2 is 0.841 bits per heavy atom. The van der Waals surface area contributed by atoms with Gasteiger partial charge in [-0.1, -0.05) is 24.3 Å². The van der Waals surface area contributed by atoms with Crippen molar-refractivity contribution >= 4 is 57.8 Å². The maximum Gasteiger partial charge on any atom is 0.303 e. The molecule has 0 saturated heterocycles. The number of esters is 4. The molecule has 230 valence electrons. The van der Waals surface area contributed by atoms with Crippen LogP contribution in [0.4, 0.5) is 0 Å². The van der Waals surface area contributed by atoms with Crippen LogP contribution in [0.2, 0.25) is 0 Å². The fraction of sp³-hybridized carbons (Fsp3) is 0.333. The largest absolute Gasteiger partial charge is 0.454 e. The van der Waals surface area contributed by atoms with Crippen molar-refractivity contribution in [2.24, 2.45) is 0 Å². The number of para-hydroxylation sites is 4. The molecule has 0 radical (unpaired) electrons. The van der Waals surface area contributed by atoms with Crippen molar-refractivity contribution in [3.63, 3.8) is 0 Å². The summed E-state index contributed by atoms with van der Waals surface area (Å²) < 4.78 is 24.9. The Hall–Kier alpha value is -5.40. The molecule has 0 fully saturated rings. The molecule has 0 aliphatic heterocycles. The summed E-state index contributed by atoms with van der Waals surface area (Å²) in [4.78, 5) is 85.0. The van der Waals surface area contributed by atoms with Gasteiger partial charge in [0.15, 0.2) is 23.9 Å². The molecule has 0 N–H and O–H groups in total. The van der Waals surface area contributed by atoms with Gasteiger partial charge in [0.25, 0.3) is 0 Å². The molecule has 0 amide bonds. The molecule has 2 heterocycles. The molecule has 2 aromatic heterocycles. The second-order valence-electron chi connectivity index (χ2n) is 9.83. The number of carbonyl (C=O) groups excluding carboxylic acids is 6. The molecule has 4 aromatic rings. The van der Waals surface area contributed by atoms with Crippen LogP contribution in [0, 0.1) is 0 Å². The molecule has 44 heavy (non-hydrogen) atoms. The number of fused-ring (bicyclic) bond motifs is 2. The average molecular weight is 607 g/mol. The highest BCUT2D eigenvalue weighted by Crippen LogP contribution is 2.37. The van der Waals surface area contributed by atoms with Crippen LogP contribution < -0.4 is 0 Å². The summed E-state index contributed by atoms with van der Waals surface area (Å²) in [6.07, 6.45) is -6.94. The van der Waals surface area contributed by atoms with Crippen molar-refractivity contribution in [3.05, 3.63) is 60.2 Å². The number of carbonyl (C=O) groups is 6. The summed E-state index contributed by atoms with van der Waals surface area (Å²) >= 11 is 0. The second kappa shape index (κ2) is 12.9. The van der Waals surface area contributed by atoms with E-state index in [2.05, 4.69) is 9.97 Å². The number of ether oxygens (including phenoxy) is 4. The van der Waals surface area contributed by atoms with E-state index in [-0.39, 0.29) is 11.6 Å². The van der Waals surface area contributed by atoms with E-state index in [9.17, 15) is 28.8 Å². The Morgan fingerprint density at radius 1 is 0.523 bits per heavy atom. The lowest BCUT2D eigenvalue weighted by molar-refractivity contribution is -0.201. The van der Waals surface area contributed by atoms with Gasteiger partial charge >= 0.3 is 23.9 Å². The third kappa shape index (κ3) is 6.48. The van der Waals surface area contributed by atoms with E-state index in [1.54, 1.807) is 48.5 Å². The van der Waals surface area contributed by atoms with E-state index in [0.717, 1.165) is 36.8 Å². The molecule has 0 bridgehead atoms. The van der Waals surface area contributed by atoms with E-state index in [1.807, 2.05) is 0 Å². The second-order valence-corrected chi connectivity index (χ2v) is 9.83. The van der Waals surface area contributed by atoms with Crippen molar-refractivity contribution in [2.45, 2.75) is 66.0 Å². The fourth-order valence-corrected chi connectivity index (χ4v) is 5.01. The number of aromatic nitrogens is 4. The van der Waals surface area contributed by atoms with Gasteiger partial charge in [-0.05, 0) is 24.3 Å². The first-order chi connectivity index (χ1) is 20.8. The zero-order chi connectivity index (χ0) is 32.3. The van der Waals surface area contributed by atoms with E-state index >= 15 is 0 Å². The van der Waals surface area contributed by atoms with Crippen LogP contribution in [0.15, 0.2) is 48.5 Å². The minimum absolute atomic E-state index is 0.168. The topological polar surface area (TPSA) is 175 Å². The first-order valence-corrected chi connectivity index (χ1v) is 13.5. The number of imidazole rings is 2. The minimum atomic E-state index is -1.78. The van der Waals surface area contributed by atoms with Crippen molar-refractivity contribution in [1.29, 1.82) is 0 Å². The van der Waals surface area contributed by atoms with Crippen LogP contribution in [-0.2, 0) is 38.1 Å². The van der Waals surface area contributed by atoms with Gasteiger partial charge in [0, 0.05) is 41.5 Å². The highest BCUT2D eigenvalue weighted by atomic mass is 16.6. The van der Waals surface area contributed by atoms with Gasteiger partial charge in [0.2, 0.25) is 24.0 Å². The molecule has 0 aliphatic rings. The summed E-state index contributed by atoms with van der Waals surface area (Å²) in [6.45, 7) is 6.79. The van der Waals surface area contributed by atoms with Gasteiger partial charge in [-0.25, -0.2) is 9.97 Å². The Balaban J connectivity index is 2.04. The monoisotopic (exact) mass is 606 g/mol. The van der Waals surface area contributed by atoms with Crippen molar-refractivity contribution in [1.82, 2.24) is 19.1 Å². The van der Waals surface area contributed by atoms with Crippen molar-refractivity contribution in [2.75, 3.05) is 0 Å². The van der Waals surface area contributed by atoms with Crippen LogP contribution in [0.3, 0.4) is 0 Å². The smallest absolute Gasteiger partial charge is 0.303 e. The average Bonchev–Trinajstić information content (AvgIpc) is 3.51. The van der Waals surface area contributed by atoms with Gasteiger partial charge in [-0.2, -0.15) is 0 Å². The van der Waals surface area contributed by atoms with E-state index in [4.69, 9.17) is 18.9 Å². The van der Waals surface area contributed by atoms with Gasteiger partial charge in [0.05, 0.1) is 22.1 Å². The predicted octanol–water partition coefficient (Wildman–Crippen LogP) is 3.48. The SMILES string of the molecule is CC(=O)O[C@@H]([C@H](OC(C)=O)[C@H](OC(C)=O)c1nc2ccccc2n1C(C)=O)[C@H](OC(C)=O)c1nc2ccccc2n1C(C)=O. The third-order valence-electron chi connectivity index (χ3n) is 6.42. The maximum absolute atomic E-state index is 12.9. The molecule has 0 unspecified atom stereocenters. The van der Waals surface area contributed by atoms with E-state index in [1.165, 1.54) is 13.8 Å². The Kier molecular flexibility index (Phi) is 9.21. The number of hydrogen-bond donors (Lipinski definition) is 0. The zero-order valence-corrected chi connectivity index (χ0v) is 24.8. The van der Waals surface area contributed by atoms with E-state index in [0.29, 0.717) is 22.1 Å². The predicted molar refractivity (Wildman–Crippen MR) is 152 cm³/mol. The number of hydrogen-bond acceptors (Lipinski definition) is 12. The summed E-state index contributed by atoms with van der Waals surface area (Å²) in [5.74, 6) is -4.92. The lowest BCUT2D eigenvalue weighted by Gasteiger charge is -2.35. The summed E-state index contributed by atoms with van der Waals surface area (Å²) in [5, 5.41) is 0. The molecular weight excluding hydrogens is 576 g/mol. The first kappa shape index (κ1) is 31.5. The summed E-state index contributed by atoms with van der Waals surface area (Å²) in [5.41, 5.74) is 1.39. The van der Waals surface area contributed by atoms with Crippen molar-refractivity contribution < 1.29 is 47.7 Å². The standard InChI is InChI=1S/C30H30N4O10/c1-15(35)33-23-13-9-7-11-21(23)31-29(33)27(43-19(5)39)25(41-17(3)37)26(42-18(4)38)28(44-20(6)40)30-32-22-12-8-10-14-24(22)34(30)16(2)36/h7-14,25-28H,1-6H3/t25-,26-,27-,28-/m0/s1. The van der Waals surface area contributed by atoms with Gasteiger partial charge in [-0.15, -0.1) is 0 Å². The Bertz CT molecular complexity index is 1660. The molecule has 14 heteroatoms. The molecule has 4 rings (SSSR count). The van der Waals surface area contributed by atoms with Crippen LogP contribution in [0.5, 0.6) is 0 Å². The van der Waals surface area contributed by atoms with Gasteiger partial charge in [-0.3, -0.25) is 37.9 Å². The number of rotatable bonds is 9. The summed E-state index contributed by atoms with van der Waals surface area (Å²) in [6, 6.07) is 13.1. The molecule has 2 aromatic carbocycles. The normalized spacial score (nSPS) is 13.9. The maximum atomic E-state index is 12.9. The molecule has 14 nitrogen and oxygen atoms in total.